The monoisotopic (exact) mass is 310 g/mol. The number of urea groups is 1. The number of piperazine rings is 1. The zero-order valence-corrected chi connectivity index (χ0v) is 13.3. The highest BCUT2D eigenvalue weighted by Gasteiger charge is 2.22. The average Bonchev–Trinajstić information content (AvgIpc) is 2.53. The number of nitrogens with zero attached hydrogens (tertiary/aromatic N) is 2. The van der Waals surface area contributed by atoms with Crippen LogP contribution in [-0.4, -0.2) is 66.4 Å². The average molecular weight is 310 g/mol. The second-order valence-electron chi connectivity index (χ2n) is 6.05. The molecule has 1 aliphatic carbocycles. The molecule has 2 N–H and O–H groups in total. The Morgan fingerprint density at radius 2 is 1.55 bits per heavy atom. The van der Waals surface area contributed by atoms with Gasteiger partial charge in [-0.25, -0.2) is 4.79 Å². The molecule has 0 radical (unpaired) electrons. The van der Waals surface area contributed by atoms with Crippen LogP contribution < -0.4 is 10.6 Å². The Morgan fingerprint density at radius 1 is 0.955 bits per heavy atom. The van der Waals surface area contributed by atoms with Gasteiger partial charge in [-0.1, -0.05) is 19.3 Å². The largest absolute Gasteiger partial charge is 0.339 e. The molecule has 2 fully saturated rings. The van der Waals surface area contributed by atoms with Gasteiger partial charge in [0, 0.05) is 39.1 Å². The molecule has 1 aliphatic heterocycles. The number of nitrogens with one attached hydrogen (secondary N) is 2. The topological polar surface area (TPSA) is 81.8 Å². The second kappa shape index (κ2) is 8.00. The first-order valence-corrected chi connectivity index (χ1v) is 8.14. The van der Waals surface area contributed by atoms with Crippen LogP contribution in [-0.2, 0) is 9.59 Å². The number of amides is 4. The maximum absolute atomic E-state index is 12.1. The molecule has 0 aromatic rings. The summed E-state index contributed by atoms with van der Waals surface area (Å²) in [7, 11) is 0. The molecular weight excluding hydrogens is 284 g/mol. The summed E-state index contributed by atoms with van der Waals surface area (Å²) in [6.07, 6.45) is 5.60. The van der Waals surface area contributed by atoms with Crippen molar-refractivity contribution in [3.63, 3.8) is 0 Å². The van der Waals surface area contributed by atoms with E-state index in [0.717, 1.165) is 25.7 Å². The third kappa shape index (κ3) is 4.89. The molecule has 7 nitrogen and oxygen atoms in total. The first-order valence-electron chi connectivity index (χ1n) is 8.14. The Labute approximate surface area is 131 Å². The van der Waals surface area contributed by atoms with Crippen LogP contribution in [0.2, 0.25) is 0 Å². The molecule has 0 aromatic carbocycles. The number of carbonyl (C=O) groups excluding carboxylic acids is 3. The molecule has 1 saturated carbocycles. The van der Waals surface area contributed by atoms with E-state index < -0.39 is 0 Å². The van der Waals surface area contributed by atoms with Gasteiger partial charge in [0.2, 0.25) is 11.8 Å². The standard InChI is InChI=1S/C15H26N4O3/c1-12(20)18-7-9-19(10-8-18)14(21)11-16-15(22)17-13-5-3-2-4-6-13/h13H,2-11H2,1H3,(H2,16,17,22). The van der Waals surface area contributed by atoms with E-state index in [0.29, 0.717) is 26.2 Å². The van der Waals surface area contributed by atoms with Gasteiger partial charge >= 0.3 is 6.03 Å². The van der Waals surface area contributed by atoms with E-state index in [1.165, 1.54) is 13.3 Å². The maximum Gasteiger partial charge on any atom is 0.315 e. The summed E-state index contributed by atoms with van der Waals surface area (Å²) < 4.78 is 0. The fraction of sp³-hybridized carbons (Fsp3) is 0.800. The van der Waals surface area contributed by atoms with Gasteiger partial charge < -0.3 is 20.4 Å². The Hall–Kier alpha value is -1.79. The predicted octanol–water partition coefficient (Wildman–Crippen LogP) is 0.309. The lowest BCUT2D eigenvalue weighted by atomic mass is 9.96. The van der Waals surface area contributed by atoms with Crippen molar-refractivity contribution in [1.29, 1.82) is 0 Å². The molecule has 4 amide bonds. The first-order chi connectivity index (χ1) is 10.6. The SMILES string of the molecule is CC(=O)N1CCN(C(=O)CNC(=O)NC2CCCCC2)CC1. The minimum absolute atomic E-state index is 0.0125. The summed E-state index contributed by atoms with van der Waals surface area (Å²) in [6, 6.07) is -0.0226. The van der Waals surface area contributed by atoms with Crippen LogP contribution in [0.3, 0.4) is 0 Å². The lowest BCUT2D eigenvalue weighted by Crippen LogP contribution is -2.53. The molecule has 7 heteroatoms. The van der Waals surface area contributed by atoms with Gasteiger partial charge in [-0.15, -0.1) is 0 Å². The van der Waals surface area contributed by atoms with E-state index in [1.807, 2.05) is 0 Å². The lowest BCUT2D eigenvalue weighted by Gasteiger charge is -2.34. The normalized spacial score (nSPS) is 19.7. The van der Waals surface area contributed by atoms with Crippen molar-refractivity contribution in [3.05, 3.63) is 0 Å². The molecular formula is C15H26N4O3. The molecule has 1 heterocycles. The Balaban J connectivity index is 1.65. The van der Waals surface area contributed by atoms with Crippen molar-refractivity contribution in [3.8, 4) is 0 Å². The fourth-order valence-electron chi connectivity index (χ4n) is 3.02. The first kappa shape index (κ1) is 16.6. The Bertz CT molecular complexity index is 413. The van der Waals surface area contributed by atoms with E-state index in [-0.39, 0.29) is 30.4 Å². The van der Waals surface area contributed by atoms with Gasteiger partial charge in [0.25, 0.3) is 0 Å². The maximum atomic E-state index is 12.1. The summed E-state index contributed by atoms with van der Waals surface area (Å²) in [5, 5.41) is 5.56. The van der Waals surface area contributed by atoms with Crippen molar-refractivity contribution in [2.75, 3.05) is 32.7 Å². The van der Waals surface area contributed by atoms with Gasteiger partial charge in [-0.2, -0.15) is 0 Å². The van der Waals surface area contributed by atoms with Crippen LogP contribution in [0.1, 0.15) is 39.0 Å². The highest BCUT2D eigenvalue weighted by atomic mass is 16.2. The minimum atomic E-state index is -0.261. The quantitative estimate of drug-likeness (QED) is 0.787. The van der Waals surface area contributed by atoms with Crippen LogP contribution in [0.5, 0.6) is 0 Å². The molecule has 124 valence electrons. The molecule has 0 bridgehead atoms. The van der Waals surface area contributed by atoms with E-state index in [4.69, 9.17) is 0 Å². The summed E-state index contributed by atoms with van der Waals surface area (Å²) >= 11 is 0. The van der Waals surface area contributed by atoms with Crippen molar-refractivity contribution < 1.29 is 14.4 Å². The third-order valence-corrected chi connectivity index (χ3v) is 4.42. The predicted molar refractivity (Wildman–Crippen MR) is 82.2 cm³/mol. The van der Waals surface area contributed by atoms with Crippen molar-refractivity contribution in [2.24, 2.45) is 0 Å². The van der Waals surface area contributed by atoms with E-state index in [2.05, 4.69) is 10.6 Å². The van der Waals surface area contributed by atoms with Gasteiger partial charge in [-0.05, 0) is 12.8 Å². The molecule has 0 spiro atoms. The Morgan fingerprint density at radius 3 is 2.14 bits per heavy atom. The lowest BCUT2D eigenvalue weighted by molar-refractivity contribution is -0.137. The van der Waals surface area contributed by atoms with Crippen molar-refractivity contribution >= 4 is 17.8 Å². The van der Waals surface area contributed by atoms with Gasteiger partial charge in [-0.3, -0.25) is 9.59 Å². The molecule has 1 saturated heterocycles. The Kier molecular flexibility index (Phi) is 6.03. The molecule has 0 atom stereocenters. The van der Waals surface area contributed by atoms with E-state index in [9.17, 15) is 14.4 Å². The van der Waals surface area contributed by atoms with Crippen LogP contribution in [0.15, 0.2) is 0 Å². The highest BCUT2D eigenvalue weighted by molar-refractivity contribution is 5.84. The summed E-state index contributed by atoms with van der Waals surface area (Å²) in [6.45, 7) is 3.74. The zero-order valence-electron chi connectivity index (χ0n) is 13.3. The number of carbonyl (C=O) groups is 3. The van der Waals surface area contributed by atoms with Gasteiger partial charge in [0.15, 0.2) is 0 Å². The second-order valence-corrected chi connectivity index (χ2v) is 6.05. The molecule has 0 unspecified atom stereocenters. The smallest absolute Gasteiger partial charge is 0.315 e. The summed E-state index contributed by atoms with van der Waals surface area (Å²) in [5.74, 6) is -0.0564. The summed E-state index contributed by atoms with van der Waals surface area (Å²) in [5.41, 5.74) is 0. The molecule has 0 aromatic heterocycles. The van der Waals surface area contributed by atoms with Crippen LogP contribution in [0, 0.1) is 0 Å². The van der Waals surface area contributed by atoms with Crippen LogP contribution in [0.25, 0.3) is 0 Å². The number of hydrogen-bond donors (Lipinski definition) is 2. The van der Waals surface area contributed by atoms with Gasteiger partial charge in [0.05, 0.1) is 6.54 Å². The molecule has 2 aliphatic rings. The van der Waals surface area contributed by atoms with Gasteiger partial charge in [0.1, 0.15) is 0 Å². The molecule has 22 heavy (non-hydrogen) atoms. The zero-order chi connectivity index (χ0) is 15.9. The number of rotatable bonds is 3. The third-order valence-electron chi connectivity index (χ3n) is 4.42. The van der Waals surface area contributed by atoms with Crippen molar-refractivity contribution in [2.45, 2.75) is 45.1 Å². The van der Waals surface area contributed by atoms with E-state index >= 15 is 0 Å². The van der Waals surface area contributed by atoms with Crippen LogP contribution >= 0.6 is 0 Å². The fourth-order valence-corrected chi connectivity index (χ4v) is 3.02. The van der Waals surface area contributed by atoms with Crippen LogP contribution in [0.4, 0.5) is 4.79 Å². The van der Waals surface area contributed by atoms with Crippen molar-refractivity contribution in [1.82, 2.24) is 20.4 Å². The minimum Gasteiger partial charge on any atom is -0.339 e. The highest BCUT2D eigenvalue weighted by Crippen LogP contribution is 2.17. The van der Waals surface area contributed by atoms with E-state index in [1.54, 1.807) is 9.80 Å². The number of hydrogen-bond acceptors (Lipinski definition) is 3. The molecule has 2 rings (SSSR count). The summed E-state index contributed by atoms with van der Waals surface area (Å²) in [4.78, 5) is 38.5.